The van der Waals surface area contributed by atoms with Gasteiger partial charge >= 0.3 is 18.2 Å². The Morgan fingerprint density at radius 1 is 1.15 bits per heavy atom. The van der Waals surface area contributed by atoms with Crippen LogP contribution in [-0.4, -0.2) is 28.8 Å². The molecule has 0 aliphatic heterocycles. The molecule has 0 radical (unpaired) electrons. The molecule has 110 valence electrons. The molecule has 1 aromatic carbocycles. The second kappa shape index (κ2) is 5.40. The Morgan fingerprint density at radius 2 is 1.65 bits per heavy atom. The number of rotatable bonds is 3. The molecule has 3 N–H and O–H groups in total. The van der Waals surface area contributed by atoms with Crippen LogP contribution in [0.2, 0.25) is 0 Å². The Balaban J connectivity index is 2.83. The molecule has 1 unspecified atom stereocenters. The number of benzene rings is 1. The molecule has 1 aromatic rings. The van der Waals surface area contributed by atoms with Crippen LogP contribution in [0.4, 0.5) is 23.7 Å². The number of nitrogens with one attached hydrogen (secondary N) is 2. The van der Waals surface area contributed by atoms with Crippen LogP contribution < -0.4 is 10.6 Å². The van der Waals surface area contributed by atoms with Crippen LogP contribution in [-0.2, 0) is 4.79 Å². The highest BCUT2D eigenvalue weighted by Crippen LogP contribution is 2.30. The molecule has 5 nitrogen and oxygen atoms in total. The fourth-order valence-corrected chi connectivity index (χ4v) is 1.27. The van der Waals surface area contributed by atoms with Gasteiger partial charge in [-0.15, -0.1) is 0 Å². The number of hydrogen-bond acceptors (Lipinski definition) is 2. The predicted molar refractivity (Wildman–Crippen MR) is 65.4 cm³/mol. The molecule has 1 rings (SSSR count). The number of halogens is 3. The lowest BCUT2D eigenvalue weighted by molar-refractivity contribution is -0.203. The van der Waals surface area contributed by atoms with E-state index >= 15 is 0 Å². The summed E-state index contributed by atoms with van der Waals surface area (Å²) in [5, 5.41) is 12.2. The molecule has 0 aromatic heterocycles. The first-order valence-electron chi connectivity index (χ1n) is 5.52. The van der Waals surface area contributed by atoms with Gasteiger partial charge < -0.3 is 15.7 Å². The average molecular weight is 290 g/mol. The molecule has 0 bridgehead atoms. The number of carbonyl (C=O) groups is 2. The fraction of sp³-hybridized carbons (Fsp3) is 0.333. The monoisotopic (exact) mass is 290 g/mol. The summed E-state index contributed by atoms with van der Waals surface area (Å²) < 4.78 is 38.1. The highest BCUT2D eigenvalue weighted by Gasteiger charge is 2.58. The van der Waals surface area contributed by atoms with Gasteiger partial charge in [0.05, 0.1) is 0 Å². The number of amides is 2. The van der Waals surface area contributed by atoms with Crippen molar-refractivity contribution in [3.8, 4) is 0 Å². The van der Waals surface area contributed by atoms with E-state index in [1.54, 1.807) is 19.1 Å². The van der Waals surface area contributed by atoms with E-state index in [9.17, 15) is 22.8 Å². The Morgan fingerprint density at radius 3 is 2.05 bits per heavy atom. The average Bonchev–Trinajstić information content (AvgIpc) is 2.30. The Bertz CT molecular complexity index is 514. The molecule has 20 heavy (non-hydrogen) atoms. The third-order valence-corrected chi connectivity index (χ3v) is 2.67. The SMILES string of the molecule is Cc1ccc(NC(=O)NC(C)(C(=O)O)C(F)(F)F)cc1. The predicted octanol–water partition coefficient (Wildman–Crippen LogP) is 2.52. The summed E-state index contributed by atoms with van der Waals surface area (Å²) in [6.45, 7) is 2.18. The highest BCUT2D eigenvalue weighted by atomic mass is 19.4. The van der Waals surface area contributed by atoms with E-state index < -0.39 is 23.7 Å². The maximum Gasteiger partial charge on any atom is 0.422 e. The molecule has 2 amide bonds. The van der Waals surface area contributed by atoms with E-state index in [2.05, 4.69) is 5.32 Å². The van der Waals surface area contributed by atoms with Crippen LogP contribution in [0.1, 0.15) is 12.5 Å². The quantitative estimate of drug-likeness (QED) is 0.800. The van der Waals surface area contributed by atoms with E-state index in [1.807, 2.05) is 0 Å². The Labute approximate surface area is 112 Å². The molecule has 0 saturated carbocycles. The number of carboxylic acids is 1. The van der Waals surface area contributed by atoms with Crippen LogP contribution in [0.15, 0.2) is 24.3 Å². The van der Waals surface area contributed by atoms with Crippen molar-refractivity contribution in [2.45, 2.75) is 25.6 Å². The molecule has 0 spiro atoms. The molecule has 0 saturated heterocycles. The molecule has 0 fully saturated rings. The van der Waals surface area contributed by atoms with Crippen LogP contribution in [0.3, 0.4) is 0 Å². The smallest absolute Gasteiger partial charge is 0.422 e. The second-order valence-corrected chi connectivity index (χ2v) is 4.37. The number of alkyl halides is 3. The molecular formula is C12H13F3N2O3. The summed E-state index contributed by atoms with van der Waals surface area (Å²) in [4.78, 5) is 22.2. The molecule has 0 aliphatic rings. The van der Waals surface area contributed by atoms with Crippen LogP contribution in [0, 0.1) is 6.92 Å². The van der Waals surface area contributed by atoms with Crippen molar-refractivity contribution < 1.29 is 27.9 Å². The van der Waals surface area contributed by atoms with Gasteiger partial charge in [0.1, 0.15) is 0 Å². The summed E-state index contributed by atoms with van der Waals surface area (Å²) in [7, 11) is 0. The standard InChI is InChI=1S/C12H13F3N2O3/c1-7-3-5-8(6-4-7)16-10(20)17-11(2,9(18)19)12(13,14)15/h3-6H,1-2H3,(H,18,19)(H2,16,17,20). The van der Waals surface area contributed by atoms with Gasteiger partial charge in [-0.3, -0.25) is 0 Å². The lowest BCUT2D eigenvalue weighted by atomic mass is 10.0. The lowest BCUT2D eigenvalue weighted by Crippen LogP contribution is -2.62. The molecular weight excluding hydrogens is 277 g/mol. The van der Waals surface area contributed by atoms with Gasteiger partial charge in [0.15, 0.2) is 0 Å². The fourth-order valence-electron chi connectivity index (χ4n) is 1.27. The lowest BCUT2D eigenvalue weighted by Gasteiger charge is -2.28. The first kappa shape index (κ1) is 15.8. The second-order valence-electron chi connectivity index (χ2n) is 4.37. The van der Waals surface area contributed by atoms with E-state index in [4.69, 9.17) is 5.11 Å². The summed E-state index contributed by atoms with van der Waals surface area (Å²) >= 11 is 0. The number of aryl methyl sites for hydroxylation is 1. The summed E-state index contributed by atoms with van der Waals surface area (Å²) in [5.41, 5.74) is -2.20. The van der Waals surface area contributed by atoms with Gasteiger partial charge in [0, 0.05) is 5.69 Å². The third kappa shape index (κ3) is 3.40. The van der Waals surface area contributed by atoms with Gasteiger partial charge in [-0.2, -0.15) is 13.2 Å². The molecule has 1 atom stereocenters. The maximum absolute atomic E-state index is 12.7. The van der Waals surface area contributed by atoms with Crippen molar-refractivity contribution in [3.05, 3.63) is 29.8 Å². The van der Waals surface area contributed by atoms with Gasteiger partial charge in [-0.1, -0.05) is 17.7 Å². The molecule has 0 heterocycles. The largest absolute Gasteiger partial charge is 0.479 e. The number of anilines is 1. The summed E-state index contributed by atoms with van der Waals surface area (Å²) in [6.07, 6.45) is -5.12. The van der Waals surface area contributed by atoms with Crippen molar-refractivity contribution >= 4 is 17.7 Å². The number of carbonyl (C=O) groups excluding carboxylic acids is 1. The topological polar surface area (TPSA) is 78.4 Å². The van der Waals surface area contributed by atoms with E-state index in [0.717, 1.165) is 5.56 Å². The maximum atomic E-state index is 12.7. The van der Waals surface area contributed by atoms with Crippen LogP contribution in [0.25, 0.3) is 0 Å². The van der Waals surface area contributed by atoms with Gasteiger partial charge in [0.25, 0.3) is 0 Å². The van der Waals surface area contributed by atoms with Crippen molar-refractivity contribution in [2.75, 3.05) is 5.32 Å². The number of urea groups is 1. The first-order chi connectivity index (χ1) is 9.06. The Hall–Kier alpha value is -2.25. The summed E-state index contributed by atoms with van der Waals surface area (Å²) in [6, 6.07) is 5.02. The zero-order valence-electron chi connectivity index (χ0n) is 10.7. The third-order valence-electron chi connectivity index (χ3n) is 2.67. The van der Waals surface area contributed by atoms with E-state index in [0.29, 0.717) is 6.92 Å². The minimum atomic E-state index is -5.12. The number of aliphatic carboxylic acids is 1. The number of carboxylic acid groups (broad SMARTS) is 1. The Kier molecular flexibility index (Phi) is 4.26. The van der Waals surface area contributed by atoms with Crippen LogP contribution >= 0.6 is 0 Å². The van der Waals surface area contributed by atoms with Gasteiger partial charge in [-0.05, 0) is 26.0 Å². The minimum Gasteiger partial charge on any atom is -0.479 e. The van der Waals surface area contributed by atoms with Crippen molar-refractivity contribution in [1.29, 1.82) is 0 Å². The van der Waals surface area contributed by atoms with Gasteiger partial charge in [-0.25, -0.2) is 9.59 Å². The van der Waals surface area contributed by atoms with Crippen molar-refractivity contribution in [3.63, 3.8) is 0 Å². The zero-order valence-corrected chi connectivity index (χ0v) is 10.7. The number of hydrogen-bond donors (Lipinski definition) is 3. The zero-order chi connectivity index (χ0) is 15.6. The van der Waals surface area contributed by atoms with E-state index in [1.165, 1.54) is 17.4 Å². The van der Waals surface area contributed by atoms with Gasteiger partial charge in [0.2, 0.25) is 5.54 Å². The normalized spacial score (nSPS) is 14.2. The highest BCUT2D eigenvalue weighted by molar-refractivity contribution is 5.94. The van der Waals surface area contributed by atoms with Crippen molar-refractivity contribution in [1.82, 2.24) is 5.32 Å². The first-order valence-corrected chi connectivity index (χ1v) is 5.52. The minimum absolute atomic E-state index is 0.253. The van der Waals surface area contributed by atoms with Crippen LogP contribution in [0.5, 0.6) is 0 Å². The summed E-state index contributed by atoms with van der Waals surface area (Å²) in [5.74, 6) is -2.19. The molecule has 8 heteroatoms. The molecule has 0 aliphatic carbocycles. The van der Waals surface area contributed by atoms with E-state index in [-0.39, 0.29) is 5.69 Å². The van der Waals surface area contributed by atoms with Crippen molar-refractivity contribution in [2.24, 2.45) is 0 Å².